The second-order valence-corrected chi connectivity index (χ2v) is 9.45. The molecular weight excluding hydrogens is 448 g/mol. The topological polar surface area (TPSA) is 93.1 Å². The van der Waals surface area contributed by atoms with E-state index in [1.807, 2.05) is 36.4 Å². The lowest BCUT2D eigenvalue weighted by atomic mass is 10.1. The quantitative estimate of drug-likeness (QED) is 0.434. The Morgan fingerprint density at radius 2 is 1.76 bits per heavy atom. The van der Waals surface area contributed by atoms with Crippen molar-refractivity contribution in [2.24, 2.45) is 0 Å². The van der Waals surface area contributed by atoms with Crippen molar-refractivity contribution in [1.29, 1.82) is 0 Å². The summed E-state index contributed by atoms with van der Waals surface area (Å²) >= 11 is 1.44. The van der Waals surface area contributed by atoms with Crippen molar-refractivity contribution in [1.82, 2.24) is 14.9 Å². The molecule has 1 aliphatic carbocycles. The van der Waals surface area contributed by atoms with E-state index in [1.54, 1.807) is 24.3 Å². The maximum absolute atomic E-state index is 13.0. The summed E-state index contributed by atoms with van der Waals surface area (Å²) in [5.74, 6) is -0.599. The van der Waals surface area contributed by atoms with Crippen molar-refractivity contribution in [2.45, 2.75) is 38.3 Å². The summed E-state index contributed by atoms with van der Waals surface area (Å²) in [6.45, 7) is -0.198. The van der Waals surface area contributed by atoms with Crippen LogP contribution in [0.15, 0.2) is 71.8 Å². The third kappa shape index (κ3) is 4.63. The number of hydrogen-bond acceptors (Lipinski definition) is 5. The third-order valence-corrected chi connectivity index (χ3v) is 7.12. The van der Waals surface area contributed by atoms with Crippen LogP contribution in [0.25, 0.3) is 20.7 Å². The van der Waals surface area contributed by atoms with Gasteiger partial charge in [0.25, 0.3) is 11.5 Å². The molecule has 0 bridgehead atoms. The van der Waals surface area contributed by atoms with Gasteiger partial charge in [-0.1, -0.05) is 55.3 Å². The van der Waals surface area contributed by atoms with Gasteiger partial charge in [-0.15, -0.1) is 11.3 Å². The number of nitrogens with one attached hydrogen (secondary N) is 2. The summed E-state index contributed by atoms with van der Waals surface area (Å²) in [7, 11) is 0. The van der Waals surface area contributed by atoms with Crippen molar-refractivity contribution in [3.8, 4) is 10.4 Å². The number of amides is 2. The van der Waals surface area contributed by atoms with Gasteiger partial charge in [0.1, 0.15) is 11.4 Å². The maximum Gasteiger partial charge on any atom is 0.262 e. The molecule has 8 heteroatoms. The van der Waals surface area contributed by atoms with Gasteiger partial charge >= 0.3 is 0 Å². The van der Waals surface area contributed by atoms with E-state index in [0.29, 0.717) is 21.5 Å². The predicted molar refractivity (Wildman–Crippen MR) is 134 cm³/mol. The minimum absolute atomic E-state index is 0.180. The first-order valence-electron chi connectivity index (χ1n) is 11.3. The van der Waals surface area contributed by atoms with Gasteiger partial charge in [0.05, 0.1) is 23.0 Å². The van der Waals surface area contributed by atoms with Crippen molar-refractivity contribution < 1.29 is 9.59 Å². The molecule has 5 rings (SSSR count). The molecule has 4 aromatic rings. The molecule has 2 N–H and O–H groups in total. The van der Waals surface area contributed by atoms with Crippen LogP contribution in [0, 0.1) is 0 Å². The lowest BCUT2D eigenvalue weighted by Gasteiger charge is -2.15. The first kappa shape index (κ1) is 22.0. The number of carbonyl (C=O) groups is 2. The highest BCUT2D eigenvalue weighted by Crippen LogP contribution is 2.30. The normalized spacial score (nSPS) is 13.8. The van der Waals surface area contributed by atoms with Gasteiger partial charge in [0.15, 0.2) is 0 Å². The molecule has 0 saturated heterocycles. The summed E-state index contributed by atoms with van der Waals surface area (Å²) in [6, 6.07) is 18.7. The van der Waals surface area contributed by atoms with Gasteiger partial charge in [-0.25, -0.2) is 4.98 Å². The fourth-order valence-electron chi connectivity index (χ4n) is 4.28. The number of hydrogen-bond donors (Lipinski definition) is 2. The number of thiophene rings is 1. The van der Waals surface area contributed by atoms with Crippen LogP contribution in [0.2, 0.25) is 0 Å². The molecule has 0 atom stereocenters. The predicted octanol–water partition coefficient (Wildman–Crippen LogP) is 4.44. The number of fused-ring (bicyclic) bond motifs is 1. The Bertz CT molecular complexity index is 1400. The fraction of sp³-hybridized carbons (Fsp3) is 0.231. The molecule has 1 fully saturated rings. The van der Waals surface area contributed by atoms with Gasteiger partial charge in [-0.05, 0) is 36.6 Å². The Labute approximate surface area is 200 Å². The van der Waals surface area contributed by atoms with Crippen molar-refractivity contribution in [2.75, 3.05) is 5.32 Å². The molecule has 0 unspecified atom stereocenters. The van der Waals surface area contributed by atoms with Gasteiger partial charge in [0.2, 0.25) is 5.91 Å². The van der Waals surface area contributed by atoms with Crippen molar-refractivity contribution >= 4 is 39.1 Å². The fourth-order valence-corrected chi connectivity index (χ4v) is 5.28. The first-order chi connectivity index (χ1) is 16.6. The SMILES string of the molecule is O=C(Cn1cnc2sc(-c3ccccc3)cc2c1=O)Nc1ccccc1C(=O)NC1CCCC1. The Morgan fingerprint density at radius 1 is 1.03 bits per heavy atom. The molecule has 1 aliphatic rings. The monoisotopic (exact) mass is 472 g/mol. The molecule has 0 radical (unpaired) electrons. The minimum Gasteiger partial charge on any atom is -0.349 e. The average molecular weight is 473 g/mol. The van der Waals surface area contributed by atoms with E-state index in [4.69, 9.17) is 0 Å². The highest BCUT2D eigenvalue weighted by atomic mass is 32.1. The third-order valence-electron chi connectivity index (χ3n) is 6.03. The summed E-state index contributed by atoms with van der Waals surface area (Å²) in [6.07, 6.45) is 5.59. The number of nitrogens with zero attached hydrogens (tertiary/aromatic N) is 2. The second kappa shape index (κ2) is 9.61. The van der Waals surface area contributed by atoms with Crippen LogP contribution in [0.5, 0.6) is 0 Å². The lowest BCUT2D eigenvalue weighted by molar-refractivity contribution is -0.116. The highest BCUT2D eigenvalue weighted by Gasteiger charge is 2.20. The average Bonchev–Trinajstić information content (AvgIpc) is 3.52. The van der Waals surface area contributed by atoms with E-state index in [0.717, 1.165) is 36.1 Å². The largest absolute Gasteiger partial charge is 0.349 e. The van der Waals surface area contributed by atoms with Gasteiger partial charge in [-0.3, -0.25) is 19.0 Å². The summed E-state index contributed by atoms with van der Waals surface area (Å²) in [4.78, 5) is 44.5. The van der Waals surface area contributed by atoms with Crippen LogP contribution >= 0.6 is 11.3 Å². The Morgan fingerprint density at radius 3 is 2.56 bits per heavy atom. The van der Waals surface area contributed by atoms with E-state index >= 15 is 0 Å². The lowest BCUT2D eigenvalue weighted by Crippen LogP contribution is -2.33. The Kier molecular flexibility index (Phi) is 6.22. The number of rotatable bonds is 6. The number of aromatic nitrogens is 2. The van der Waals surface area contributed by atoms with E-state index in [2.05, 4.69) is 15.6 Å². The van der Waals surface area contributed by atoms with E-state index in [9.17, 15) is 14.4 Å². The van der Waals surface area contributed by atoms with E-state index in [1.165, 1.54) is 22.2 Å². The first-order valence-corrected chi connectivity index (χ1v) is 12.1. The van der Waals surface area contributed by atoms with Gasteiger partial charge in [-0.2, -0.15) is 0 Å². The molecule has 2 heterocycles. The zero-order valence-electron chi connectivity index (χ0n) is 18.5. The summed E-state index contributed by atoms with van der Waals surface area (Å²) in [5.41, 5.74) is 1.58. The van der Waals surface area contributed by atoms with Crippen LogP contribution in [0.1, 0.15) is 36.0 Å². The summed E-state index contributed by atoms with van der Waals surface area (Å²) in [5, 5.41) is 6.32. The van der Waals surface area contributed by atoms with Crippen LogP contribution in [0.3, 0.4) is 0 Å². The molecule has 0 aliphatic heterocycles. The smallest absolute Gasteiger partial charge is 0.262 e. The van der Waals surface area contributed by atoms with Crippen LogP contribution in [0.4, 0.5) is 5.69 Å². The molecule has 34 heavy (non-hydrogen) atoms. The molecule has 1 saturated carbocycles. The van der Waals surface area contributed by atoms with Crippen LogP contribution in [-0.2, 0) is 11.3 Å². The van der Waals surface area contributed by atoms with Crippen LogP contribution in [-0.4, -0.2) is 27.4 Å². The number of anilines is 1. The maximum atomic E-state index is 13.0. The molecule has 0 spiro atoms. The van der Waals surface area contributed by atoms with Crippen molar-refractivity contribution in [3.05, 3.63) is 82.9 Å². The number of carbonyl (C=O) groups excluding carboxylic acids is 2. The Balaban J connectivity index is 1.33. The minimum atomic E-state index is -0.400. The van der Waals surface area contributed by atoms with E-state index < -0.39 is 5.91 Å². The summed E-state index contributed by atoms with van der Waals surface area (Å²) < 4.78 is 1.29. The molecule has 7 nitrogen and oxygen atoms in total. The van der Waals surface area contributed by atoms with Crippen LogP contribution < -0.4 is 16.2 Å². The molecule has 2 aromatic heterocycles. The number of para-hydroxylation sites is 1. The molecule has 172 valence electrons. The van der Waals surface area contributed by atoms with Crippen molar-refractivity contribution in [3.63, 3.8) is 0 Å². The van der Waals surface area contributed by atoms with Gasteiger partial charge in [0, 0.05) is 10.9 Å². The molecule has 2 amide bonds. The number of benzene rings is 2. The molecular formula is C26H24N4O3S. The Hall–Kier alpha value is -3.78. The zero-order valence-corrected chi connectivity index (χ0v) is 19.3. The second-order valence-electron chi connectivity index (χ2n) is 8.42. The highest BCUT2D eigenvalue weighted by molar-refractivity contribution is 7.21. The molecule has 2 aromatic carbocycles. The van der Waals surface area contributed by atoms with Gasteiger partial charge < -0.3 is 10.6 Å². The van der Waals surface area contributed by atoms with E-state index in [-0.39, 0.29) is 24.1 Å². The standard InChI is InChI=1S/C26H24N4O3S/c31-23(29-21-13-7-6-12-19(21)24(32)28-18-10-4-5-11-18)15-30-16-27-25-20(26(30)33)14-22(34-25)17-8-2-1-3-9-17/h1-3,6-9,12-14,16,18H,4-5,10-11,15H2,(H,28,32)(H,29,31). The zero-order chi connectivity index (χ0) is 23.5.